The van der Waals surface area contributed by atoms with E-state index in [4.69, 9.17) is 4.74 Å². The molecule has 0 saturated carbocycles. The summed E-state index contributed by atoms with van der Waals surface area (Å²) in [5, 5.41) is 0. The van der Waals surface area contributed by atoms with E-state index in [2.05, 4.69) is 0 Å². The Kier molecular flexibility index (Phi) is 4.74. The maximum atomic E-state index is 13.0. The predicted molar refractivity (Wildman–Crippen MR) is 87.6 cm³/mol. The highest BCUT2D eigenvalue weighted by molar-refractivity contribution is 6.05. The lowest BCUT2D eigenvalue weighted by molar-refractivity contribution is -0.121. The van der Waals surface area contributed by atoms with E-state index in [1.54, 1.807) is 7.11 Å². The number of benzene rings is 1. The number of carbonyl (C=O) groups excluding carboxylic acids is 2. The van der Waals surface area contributed by atoms with Crippen LogP contribution < -0.4 is 4.74 Å². The van der Waals surface area contributed by atoms with Crippen LogP contribution in [0, 0.1) is 18.3 Å². The lowest BCUT2D eigenvalue weighted by Crippen LogP contribution is -2.36. The first-order valence-corrected chi connectivity index (χ1v) is 8.01. The molecule has 1 aromatic carbocycles. The van der Waals surface area contributed by atoms with Crippen molar-refractivity contribution >= 4 is 11.6 Å². The first-order valence-electron chi connectivity index (χ1n) is 8.01. The molecule has 120 valence electrons. The standard InChI is InChI=1S/C19H26O3/c1-12(2)8-14(20)11-19(4)7-6-15-16(18(19)21)9-13(3)10-17(15)22-5/h9-10,12H,6-8,11H2,1-5H3/t19-/m1/s1. The topological polar surface area (TPSA) is 43.4 Å². The van der Waals surface area contributed by atoms with E-state index >= 15 is 0 Å². The van der Waals surface area contributed by atoms with Gasteiger partial charge in [0.25, 0.3) is 0 Å². The molecule has 22 heavy (non-hydrogen) atoms. The molecule has 3 heteroatoms. The second-order valence-electron chi connectivity index (χ2n) is 7.20. The fourth-order valence-corrected chi connectivity index (χ4v) is 3.40. The molecule has 1 atom stereocenters. The Hall–Kier alpha value is -1.64. The molecule has 1 aliphatic rings. The molecule has 0 fully saturated rings. The van der Waals surface area contributed by atoms with E-state index in [1.807, 2.05) is 39.8 Å². The van der Waals surface area contributed by atoms with Crippen LogP contribution in [-0.4, -0.2) is 18.7 Å². The zero-order valence-corrected chi connectivity index (χ0v) is 14.3. The van der Waals surface area contributed by atoms with E-state index in [0.717, 1.165) is 28.9 Å². The number of aryl methyl sites for hydroxylation is 1. The van der Waals surface area contributed by atoms with Gasteiger partial charge in [0.15, 0.2) is 5.78 Å². The smallest absolute Gasteiger partial charge is 0.169 e. The van der Waals surface area contributed by atoms with E-state index in [-0.39, 0.29) is 11.6 Å². The zero-order chi connectivity index (χ0) is 16.5. The van der Waals surface area contributed by atoms with Crippen molar-refractivity contribution in [2.24, 2.45) is 11.3 Å². The number of ether oxygens (including phenoxy) is 1. The summed E-state index contributed by atoms with van der Waals surface area (Å²) in [6.07, 6.45) is 2.39. The molecular weight excluding hydrogens is 276 g/mol. The Morgan fingerprint density at radius 1 is 1.36 bits per heavy atom. The molecule has 1 aromatic rings. The maximum absolute atomic E-state index is 13.0. The van der Waals surface area contributed by atoms with Gasteiger partial charge < -0.3 is 4.74 Å². The third-order valence-electron chi connectivity index (χ3n) is 4.52. The van der Waals surface area contributed by atoms with Crippen molar-refractivity contribution in [1.82, 2.24) is 0 Å². The van der Waals surface area contributed by atoms with Gasteiger partial charge in [0.2, 0.25) is 0 Å². The van der Waals surface area contributed by atoms with Crippen LogP contribution in [0.15, 0.2) is 12.1 Å². The van der Waals surface area contributed by atoms with E-state index in [1.165, 1.54) is 0 Å². The van der Waals surface area contributed by atoms with Gasteiger partial charge in [-0.3, -0.25) is 9.59 Å². The zero-order valence-electron chi connectivity index (χ0n) is 14.3. The second kappa shape index (κ2) is 6.23. The molecule has 0 amide bonds. The third-order valence-corrected chi connectivity index (χ3v) is 4.52. The van der Waals surface area contributed by atoms with Crippen LogP contribution in [-0.2, 0) is 11.2 Å². The van der Waals surface area contributed by atoms with Crippen molar-refractivity contribution in [3.8, 4) is 5.75 Å². The Morgan fingerprint density at radius 2 is 2.05 bits per heavy atom. The van der Waals surface area contributed by atoms with E-state index < -0.39 is 5.41 Å². The largest absolute Gasteiger partial charge is 0.496 e. The van der Waals surface area contributed by atoms with Crippen molar-refractivity contribution in [1.29, 1.82) is 0 Å². The van der Waals surface area contributed by atoms with Crippen LogP contribution in [0.5, 0.6) is 5.75 Å². The monoisotopic (exact) mass is 302 g/mol. The fraction of sp³-hybridized carbons (Fsp3) is 0.579. The Labute approximate surface area is 133 Å². The minimum absolute atomic E-state index is 0.0906. The molecule has 0 unspecified atom stereocenters. The van der Waals surface area contributed by atoms with Crippen LogP contribution in [0.1, 0.15) is 61.5 Å². The molecule has 1 aliphatic carbocycles. The van der Waals surface area contributed by atoms with Gasteiger partial charge in [0.05, 0.1) is 7.11 Å². The van der Waals surface area contributed by atoms with Crippen LogP contribution in [0.25, 0.3) is 0 Å². The molecule has 0 N–H and O–H groups in total. The van der Waals surface area contributed by atoms with Gasteiger partial charge in [0.1, 0.15) is 11.5 Å². The normalized spacial score (nSPS) is 20.9. The summed E-state index contributed by atoms with van der Waals surface area (Å²) in [6.45, 7) is 7.97. The molecule has 0 aromatic heterocycles. The SMILES string of the molecule is COc1cc(C)cc2c1CC[C@](C)(CC(=O)CC(C)C)C2=O. The third kappa shape index (κ3) is 3.23. The van der Waals surface area contributed by atoms with Gasteiger partial charge >= 0.3 is 0 Å². The average molecular weight is 302 g/mol. The summed E-state index contributed by atoms with van der Waals surface area (Å²) in [5.41, 5.74) is 2.18. The molecule has 0 radical (unpaired) electrons. The molecule has 0 spiro atoms. The maximum Gasteiger partial charge on any atom is 0.169 e. The van der Waals surface area contributed by atoms with Crippen molar-refractivity contribution in [2.75, 3.05) is 7.11 Å². The number of hydrogen-bond donors (Lipinski definition) is 0. The lowest BCUT2D eigenvalue weighted by atomic mass is 9.68. The number of methoxy groups -OCH3 is 1. The number of rotatable bonds is 5. The summed E-state index contributed by atoms with van der Waals surface area (Å²) < 4.78 is 5.42. The second-order valence-corrected chi connectivity index (χ2v) is 7.20. The summed E-state index contributed by atoms with van der Waals surface area (Å²) in [6, 6.07) is 3.91. The number of Topliss-reactive ketones (excluding diaryl/α,β-unsaturated/α-hetero) is 2. The van der Waals surface area contributed by atoms with Gasteiger partial charge in [-0.05, 0) is 43.4 Å². The van der Waals surface area contributed by atoms with E-state index in [9.17, 15) is 9.59 Å². The van der Waals surface area contributed by atoms with Gasteiger partial charge in [-0.1, -0.05) is 20.8 Å². The quantitative estimate of drug-likeness (QED) is 0.821. The Bertz CT molecular complexity index is 601. The molecule has 0 heterocycles. The summed E-state index contributed by atoms with van der Waals surface area (Å²) in [5.74, 6) is 1.41. The fourth-order valence-electron chi connectivity index (χ4n) is 3.40. The molecule has 0 saturated heterocycles. The highest BCUT2D eigenvalue weighted by atomic mass is 16.5. The van der Waals surface area contributed by atoms with Crippen LogP contribution in [0.4, 0.5) is 0 Å². The summed E-state index contributed by atoms with van der Waals surface area (Å²) >= 11 is 0. The average Bonchev–Trinajstić information content (AvgIpc) is 2.41. The van der Waals surface area contributed by atoms with Gasteiger partial charge in [0, 0.05) is 29.4 Å². The van der Waals surface area contributed by atoms with Gasteiger partial charge in [-0.15, -0.1) is 0 Å². The Balaban J connectivity index is 2.31. The van der Waals surface area contributed by atoms with Crippen molar-refractivity contribution < 1.29 is 14.3 Å². The summed E-state index contributed by atoms with van der Waals surface area (Å²) in [4.78, 5) is 25.2. The number of carbonyl (C=O) groups is 2. The number of hydrogen-bond acceptors (Lipinski definition) is 3. The first-order chi connectivity index (χ1) is 10.3. The predicted octanol–water partition coefficient (Wildman–Crippen LogP) is 4.14. The summed E-state index contributed by atoms with van der Waals surface area (Å²) in [7, 11) is 1.64. The van der Waals surface area contributed by atoms with Crippen LogP contribution in [0.3, 0.4) is 0 Å². The minimum Gasteiger partial charge on any atom is -0.496 e. The number of fused-ring (bicyclic) bond motifs is 1. The molecule has 0 aliphatic heterocycles. The van der Waals surface area contributed by atoms with E-state index in [0.29, 0.717) is 25.2 Å². The highest BCUT2D eigenvalue weighted by Gasteiger charge is 2.40. The number of ketones is 2. The van der Waals surface area contributed by atoms with Gasteiger partial charge in [-0.25, -0.2) is 0 Å². The molecular formula is C19H26O3. The van der Waals surface area contributed by atoms with Crippen LogP contribution in [0.2, 0.25) is 0 Å². The molecule has 0 bridgehead atoms. The molecule has 3 nitrogen and oxygen atoms in total. The molecule has 2 rings (SSSR count). The van der Waals surface area contributed by atoms with Crippen molar-refractivity contribution in [2.45, 2.75) is 53.4 Å². The lowest BCUT2D eigenvalue weighted by Gasteiger charge is -2.34. The first kappa shape index (κ1) is 16.7. The highest BCUT2D eigenvalue weighted by Crippen LogP contribution is 2.42. The Morgan fingerprint density at radius 3 is 2.64 bits per heavy atom. The minimum atomic E-state index is -0.572. The van der Waals surface area contributed by atoms with Crippen molar-refractivity contribution in [3.63, 3.8) is 0 Å². The van der Waals surface area contributed by atoms with Crippen LogP contribution >= 0.6 is 0 Å². The van der Waals surface area contributed by atoms with Crippen molar-refractivity contribution in [3.05, 3.63) is 28.8 Å². The van der Waals surface area contributed by atoms with Gasteiger partial charge in [-0.2, -0.15) is 0 Å².